The van der Waals surface area contributed by atoms with Gasteiger partial charge in [0.15, 0.2) is 0 Å². The van der Waals surface area contributed by atoms with Crippen LogP contribution in [-0.4, -0.2) is 43.1 Å². The zero-order chi connectivity index (χ0) is 16.1. The maximum absolute atomic E-state index is 12.2. The summed E-state index contributed by atoms with van der Waals surface area (Å²) in [4.78, 5) is 14.3. The molecule has 2 aromatic rings. The van der Waals surface area contributed by atoms with E-state index in [0.717, 1.165) is 13.0 Å². The van der Waals surface area contributed by atoms with Gasteiger partial charge in [-0.1, -0.05) is 24.3 Å². The van der Waals surface area contributed by atoms with Crippen LogP contribution in [0.3, 0.4) is 0 Å². The van der Waals surface area contributed by atoms with Crippen molar-refractivity contribution in [3.8, 4) is 5.75 Å². The van der Waals surface area contributed by atoms with E-state index in [0.29, 0.717) is 23.0 Å². The van der Waals surface area contributed by atoms with Crippen LogP contribution in [0.25, 0.3) is 10.8 Å². The van der Waals surface area contributed by atoms with Crippen molar-refractivity contribution in [1.82, 2.24) is 10.2 Å². The van der Waals surface area contributed by atoms with Gasteiger partial charge in [-0.05, 0) is 33.1 Å². The largest absolute Gasteiger partial charge is 0.506 e. The second-order valence-electron chi connectivity index (χ2n) is 5.36. The Labute approximate surface area is 129 Å². The quantitative estimate of drug-likeness (QED) is 0.566. The van der Waals surface area contributed by atoms with E-state index in [1.807, 2.05) is 19.0 Å². The predicted molar refractivity (Wildman–Crippen MR) is 85.9 cm³/mol. The van der Waals surface area contributed by atoms with Gasteiger partial charge in [0.05, 0.1) is 11.3 Å². The van der Waals surface area contributed by atoms with Gasteiger partial charge in [0.1, 0.15) is 5.75 Å². The SMILES string of the molecule is CN(C)CCCNC(=O)c1cc(N=N)c2ccccc2c1O. The van der Waals surface area contributed by atoms with Crippen LogP contribution in [0.1, 0.15) is 16.8 Å². The van der Waals surface area contributed by atoms with Crippen LogP contribution in [0.2, 0.25) is 0 Å². The average molecular weight is 300 g/mol. The minimum Gasteiger partial charge on any atom is -0.506 e. The molecule has 2 aromatic carbocycles. The lowest BCUT2D eigenvalue weighted by Gasteiger charge is -2.12. The van der Waals surface area contributed by atoms with Crippen molar-refractivity contribution in [2.75, 3.05) is 27.2 Å². The van der Waals surface area contributed by atoms with Crippen LogP contribution in [-0.2, 0) is 0 Å². The standard InChI is InChI=1S/C16H20N4O2/c1-20(2)9-5-8-18-16(22)13-10-14(19-17)11-6-3-4-7-12(11)15(13)21/h3-4,6-7,10,17,21H,5,8-9H2,1-2H3,(H,18,22). The molecule has 1 amide bonds. The highest BCUT2D eigenvalue weighted by Gasteiger charge is 2.16. The van der Waals surface area contributed by atoms with E-state index in [1.165, 1.54) is 6.07 Å². The summed E-state index contributed by atoms with van der Waals surface area (Å²) in [6, 6.07) is 8.50. The van der Waals surface area contributed by atoms with Gasteiger partial charge in [-0.15, -0.1) is 0 Å². The van der Waals surface area contributed by atoms with Crippen molar-refractivity contribution >= 4 is 22.4 Å². The molecule has 0 aliphatic carbocycles. The molecule has 22 heavy (non-hydrogen) atoms. The minimum atomic E-state index is -0.355. The van der Waals surface area contributed by atoms with Crippen LogP contribution in [0, 0.1) is 5.53 Å². The van der Waals surface area contributed by atoms with Crippen molar-refractivity contribution in [3.63, 3.8) is 0 Å². The fourth-order valence-corrected chi connectivity index (χ4v) is 2.30. The number of phenols is 1. The molecule has 116 valence electrons. The van der Waals surface area contributed by atoms with Crippen LogP contribution >= 0.6 is 0 Å². The van der Waals surface area contributed by atoms with Crippen molar-refractivity contribution in [3.05, 3.63) is 35.9 Å². The summed E-state index contributed by atoms with van der Waals surface area (Å²) < 4.78 is 0. The molecule has 0 saturated carbocycles. The Morgan fingerprint density at radius 1 is 1.32 bits per heavy atom. The third-order valence-electron chi connectivity index (χ3n) is 3.43. The molecule has 0 atom stereocenters. The smallest absolute Gasteiger partial charge is 0.255 e. The van der Waals surface area contributed by atoms with E-state index in [1.54, 1.807) is 24.3 Å². The molecular formula is C16H20N4O2. The Kier molecular flexibility index (Phi) is 5.06. The van der Waals surface area contributed by atoms with Crippen molar-refractivity contribution in [2.24, 2.45) is 5.11 Å². The van der Waals surface area contributed by atoms with Crippen LogP contribution in [0.5, 0.6) is 5.75 Å². The number of rotatable bonds is 6. The van der Waals surface area contributed by atoms with E-state index >= 15 is 0 Å². The maximum atomic E-state index is 12.2. The number of carbonyl (C=O) groups excluding carboxylic acids is 1. The molecule has 3 N–H and O–H groups in total. The first-order valence-corrected chi connectivity index (χ1v) is 7.09. The molecule has 0 aliphatic heterocycles. The summed E-state index contributed by atoms with van der Waals surface area (Å²) in [7, 11) is 3.94. The number of fused-ring (bicyclic) bond motifs is 1. The van der Waals surface area contributed by atoms with E-state index < -0.39 is 0 Å². The van der Waals surface area contributed by atoms with Gasteiger partial charge in [-0.3, -0.25) is 4.79 Å². The maximum Gasteiger partial charge on any atom is 0.255 e. The molecule has 0 fully saturated rings. The molecule has 6 nitrogen and oxygen atoms in total. The van der Waals surface area contributed by atoms with Crippen molar-refractivity contribution in [2.45, 2.75) is 6.42 Å². The first-order valence-electron chi connectivity index (χ1n) is 7.09. The highest BCUT2D eigenvalue weighted by Crippen LogP contribution is 2.35. The average Bonchev–Trinajstić information content (AvgIpc) is 2.52. The van der Waals surface area contributed by atoms with Crippen LogP contribution in [0.4, 0.5) is 5.69 Å². The van der Waals surface area contributed by atoms with Crippen molar-refractivity contribution < 1.29 is 9.90 Å². The second-order valence-corrected chi connectivity index (χ2v) is 5.36. The number of carbonyl (C=O) groups is 1. The second kappa shape index (κ2) is 7.00. The highest BCUT2D eigenvalue weighted by molar-refractivity contribution is 6.07. The van der Waals surface area contributed by atoms with Crippen LogP contribution in [0.15, 0.2) is 35.4 Å². The van der Waals surface area contributed by atoms with E-state index in [9.17, 15) is 9.90 Å². The number of benzene rings is 2. The number of aromatic hydroxyl groups is 1. The molecular weight excluding hydrogens is 280 g/mol. The third-order valence-corrected chi connectivity index (χ3v) is 3.43. The molecule has 0 unspecified atom stereocenters. The number of phenolic OH excluding ortho intramolecular Hbond substituents is 1. The zero-order valence-electron chi connectivity index (χ0n) is 12.8. The normalized spacial score (nSPS) is 10.9. The molecule has 0 aliphatic rings. The molecule has 6 heteroatoms. The minimum absolute atomic E-state index is 0.0758. The first-order chi connectivity index (χ1) is 10.5. The van der Waals surface area contributed by atoms with Gasteiger partial charge in [-0.25, -0.2) is 5.53 Å². The monoisotopic (exact) mass is 300 g/mol. The summed E-state index contributed by atoms with van der Waals surface area (Å²) in [5.41, 5.74) is 7.77. The summed E-state index contributed by atoms with van der Waals surface area (Å²) in [6.45, 7) is 1.40. The van der Waals surface area contributed by atoms with E-state index in [-0.39, 0.29) is 17.2 Å². The number of nitrogens with one attached hydrogen (secondary N) is 2. The lowest BCUT2D eigenvalue weighted by Crippen LogP contribution is -2.27. The summed E-state index contributed by atoms with van der Waals surface area (Å²) >= 11 is 0. The van der Waals surface area contributed by atoms with Gasteiger partial charge >= 0.3 is 0 Å². The molecule has 2 rings (SSSR count). The molecule has 0 saturated heterocycles. The summed E-state index contributed by atoms with van der Waals surface area (Å²) in [6.07, 6.45) is 0.822. The molecule has 0 aromatic heterocycles. The number of nitrogens with zero attached hydrogens (tertiary/aromatic N) is 2. The van der Waals surface area contributed by atoms with Crippen molar-refractivity contribution in [1.29, 1.82) is 5.53 Å². The molecule has 0 radical (unpaired) electrons. The zero-order valence-corrected chi connectivity index (χ0v) is 12.8. The summed E-state index contributed by atoms with van der Waals surface area (Å²) in [5.74, 6) is -0.431. The Morgan fingerprint density at radius 2 is 2.00 bits per heavy atom. The third kappa shape index (κ3) is 3.40. The highest BCUT2D eigenvalue weighted by atomic mass is 16.3. The predicted octanol–water partition coefficient (Wildman–Crippen LogP) is 2.89. The number of hydrogen-bond acceptors (Lipinski definition) is 5. The Bertz CT molecular complexity index is 698. The van der Waals surface area contributed by atoms with Gasteiger partial charge in [-0.2, -0.15) is 5.11 Å². The van der Waals surface area contributed by atoms with Gasteiger partial charge < -0.3 is 15.3 Å². The fourth-order valence-electron chi connectivity index (χ4n) is 2.30. The van der Waals surface area contributed by atoms with E-state index in [2.05, 4.69) is 10.4 Å². The first kappa shape index (κ1) is 15.9. The Balaban J connectivity index is 2.25. The lowest BCUT2D eigenvalue weighted by atomic mass is 10.0. The van der Waals surface area contributed by atoms with E-state index in [4.69, 9.17) is 5.53 Å². The Morgan fingerprint density at radius 3 is 2.64 bits per heavy atom. The Hall–Kier alpha value is -2.47. The van der Waals surface area contributed by atoms with Gasteiger partial charge in [0, 0.05) is 17.3 Å². The number of amides is 1. The van der Waals surface area contributed by atoms with Gasteiger partial charge in [0.2, 0.25) is 0 Å². The molecule has 0 spiro atoms. The summed E-state index contributed by atoms with van der Waals surface area (Å²) in [5, 5.41) is 17.7. The number of hydrogen-bond donors (Lipinski definition) is 3. The molecule has 0 bridgehead atoms. The fraction of sp³-hybridized carbons (Fsp3) is 0.312. The van der Waals surface area contributed by atoms with Crippen LogP contribution < -0.4 is 5.32 Å². The van der Waals surface area contributed by atoms with Gasteiger partial charge in [0.25, 0.3) is 5.91 Å². The topological polar surface area (TPSA) is 88.8 Å². The lowest BCUT2D eigenvalue weighted by molar-refractivity contribution is 0.0950. The molecule has 0 heterocycles.